The molecule has 0 bridgehead atoms. The number of rotatable bonds is 4. The van der Waals surface area contributed by atoms with Gasteiger partial charge in [-0.05, 0) is 12.5 Å². The summed E-state index contributed by atoms with van der Waals surface area (Å²) in [6, 6.07) is 1.98. The van der Waals surface area contributed by atoms with Gasteiger partial charge in [-0.25, -0.2) is 15.0 Å². The van der Waals surface area contributed by atoms with Crippen LogP contribution in [0, 0.1) is 5.92 Å². The molecule has 3 rings (SSSR count). The average Bonchev–Trinajstić information content (AvgIpc) is 2.87. The fourth-order valence-electron chi connectivity index (χ4n) is 2.57. The minimum absolute atomic E-state index is 0.468. The molecule has 1 fully saturated rings. The second-order valence-corrected chi connectivity index (χ2v) is 5.16. The van der Waals surface area contributed by atoms with Crippen molar-refractivity contribution in [3.8, 4) is 0 Å². The molecule has 0 saturated carbocycles. The van der Waals surface area contributed by atoms with Crippen LogP contribution in [0.1, 0.15) is 11.4 Å². The Bertz CT molecular complexity index is 502. The second-order valence-electron chi connectivity index (χ2n) is 5.16. The number of aromatic nitrogens is 4. The fourth-order valence-corrected chi connectivity index (χ4v) is 2.57. The van der Waals surface area contributed by atoms with E-state index in [2.05, 4.69) is 24.8 Å². The molecule has 0 aliphatic carbocycles. The van der Waals surface area contributed by atoms with Crippen molar-refractivity contribution in [1.29, 1.82) is 0 Å². The lowest BCUT2D eigenvalue weighted by molar-refractivity contribution is 0.121. The van der Waals surface area contributed by atoms with Crippen molar-refractivity contribution < 1.29 is 4.74 Å². The lowest BCUT2D eigenvalue weighted by Gasteiger charge is -2.22. The number of nitrogens with one attached hydrogen (secondary N) is 1. The summed E-state index contributed by atoms with van der Waals surface area (Å²) in [6.07, 6.45) is 7.94. The van der Waals surface area contributed by atoms with Gasteiger partial charge in [0.2, 0.25) is 0 Å². The minimum atomic E-state index is 0.468. The van der Waals surface area contributed by atoms with Gasteiger partial charge in [-0.3, -0.25) is 4.90 Å². The zero-order valence-electron chi connectivity index (χ0n) is 11.4. The normalized spacial score (nSPS) is 20.7. The maximum absolute atomic E-state index is 5.72. The number of ether oxygens (including phenoxy) is 1. The van der Waals surface area contributed by atoms with E-state index in [4.69, 9.17) is 4.74 Å². The van der Waals surface area contributed by atoms with Crippen LogP contribution in [0.2, 0.25) is 0 Å². The third-order valence-corrected chi connectivity index (χ3v) is 3.51. The van der Waals surface area contributed by atoms with Crippen molar-refractivity contribution in [2.75, 3.05) is 26.3 Å². The van der Waals surface area contributed by atoms with E-state index < -0.39 is 0 Å². The molecule has 1 saturated heterocycles. The highest BCUT2D eigenvalue weighted by atomic mass is 16.5. The topological polar surface area (TPSA) is 66.9 Å². The Morgan fingerprint density at radius 1 is 1.40 bits per heavy atom. The number of H-pyrrole nitrogens is 1. The largest absolute Gasteiger partial charge is 0.380 e. The van der Waals surface area contributed by atoms with Gasteiger partial charge in [0.1, 0.15) is 6.33 Å². The summed E-state index contributed by atoms with van der Waals surface area (Å²) < 4.78 is 5.72. The summed E-state index contributed by atoms with van der Waals surface area (Å²) in [5.74, 6) is 0.468. The van der Waals surface area contributed by atoms with Crippen LogP contribution in [-0.4, -0.2) is 51.1 Å². The second kappa shape index (κ2) is 6.58. The smallest absolute Gasteiger partial charge is 0.115 e. The van der Waals surface area contributed by atoms with Gasteiger partial charge in [0.05, 0.1) is 19.5 Å². The molecule has 0 radical (unpaired) electrons. The highest BCUT2D eigenvalue weighted by Gasteiger charge is 2.19. The van der Waals surface area contributed by atoms with Crippen LogP contribution in [0.3, 0.4) is 0 Å². The Hall–Kier alpha value is -1.79. The molecular formula is C14H19N5O. The molecule has 6 nitrogen and oxygen atoms in total. The van der Waals surface area contributed by atoms with E-state index >= 15 is 0 Å². The molecular weight excluding hydrogens is 254 g/mol. The van der Waals surface area contributed by atoms with Crippen molar-refractivity contribution in [2.24, 2.45) is 5.92 Å². The minimum Gasteiger partial charge on any atom is -0.380 e. The maximum Gasteiger partial charge on any atom is 0.115 e. The molecule has 0 aromatic carbocycles. The van der Waals surface area contributed by atoms with E-state index in [-0.39, 0.29) is 0 Å². The van der Waals surface area contributed by atoms with Crippen molar-refractivity contribution in [3.63, 3.8) is 0 Å². The van der Waals surface area contributed by atoms with Gasteiger partial charge in [-0.15, -0.1) is 0 Å². The Balaban J connectivity index is 1.60. The summed E-state index contributed by atoms with van der Waals surface area (Å²) in [7, 11) is 0. The first-order valence-electron chi connectivity index (χ1n) is 6.92. The first-order valence-corrected chi connectivity index (χ1v) is 6.92. The summed E-state index contributed by atoms with van der Waals surface area (Å²) in [5.41, 5.74) is 2.23. The predicted molar refractivity (Wildman–Crippen MR) is 73.9 cm³/mol. The van der Waals surface area contributed by atoms with Crippen molar-refractivity contribution in [1.82, 2.24) is 24.8 Å². The van der Waals surface area contributed by atoms with Crippen LogP contribution < -0.4 is 0 Å². The SMILES string of the molecule is c1cc(C[C@H]2COCCN(Cc3cnc[nH]3)C2)ncn1. The van der Waals surface area contributed by atoms with E-state index in [9.17, 15) is 0 Å². The lowest BCUT2D eigenvalue weighted by Crippen LogP contribution is -2.30. The Labute approximate surface area is 118 Å². The number of hydrogen-bond donors (Lipinski definition) is 1. The Kier molecular flexibility index (Phi) is 4.35. The lowest BCUT2D eigenvalue weighted by atomic mass is 10.0. The standard InChI is InChI=1S/C14H19N5O/c1-2-15-10-17-13(1)5-12-7-19(3-4-20-9-12)8-14-6-16-11-18-14/h1-2,6,10-12H,3-5,7-9H2,(H,16,18)/t12-/m1/s1. The molecule has 1 aliphatic heterocycles. The van der Waals surface area contributed by atoms with Crippen LogP contribution in [-0.2, 0) is 17.7 Å². The number of hydrogen-bond acceptors (Lipinski definition) is 5. The van der Waals surface area contributed by atoms with E-state index in [0.717, 1.165) is 50.7 Å². The fraction of sp³-hybridized carbons (Fsp3) is 0.500. The Morgan fingerprint density at radius 2 is 2.40 bits per heavy atom. The molecule has 20 heavy (non-hydrogen) atoms. The van der Waals surface area contributed by atoms with Gasteiger partial charge >= 0.3 is 0 Å². The number of imidazole rings is 1. The highest BCUT2D eigenvalue weighted by Crippen LogP contribution is 2.13. The third kappa shape index (κ3) is 3.61. The van der Waals surface area contributed by atoms with Gasteiger partial charge in [0.25, 0.3) is 0 Å². The monoisotopic (exact) mass is 273 g/mol. The quantitative estimate of drug-likeness (QED) is 0.896. The van der Waals surface area contributed by atoms with Gasteiger partial charge in [-0.1, -0.05) is 0 Å². The van der Waals surface area contributed by atoms with Crippen LogP contribution in [0.4, 0.5) is 0 Å². The molecule has 1 atom stereocenters. The average molecular weight is 273 g/mol. The van der Waals surface area contributed by atoms with E-state index in [0.29, 0.717) is 5.92 Å². The van der Waals surface area contributed by atoms with Crippen molar-refractivity contribution in [2.45, 2.75) is 13.0 Å². The molecule has 1 aliphatic rings. The molecule has 0 spiro atoms. The van der Waals surface area contributed by atoms with Gasteiger partial charge in [-0.2, -0.15) is 0 Å². The van der Waals surface area contributed by atoms with Crippen LogP contribution in [0.5, 0.6) is 0 Å². The van der Waals surface area contributed by atoms with Gasteiger partial charge < -0.3 is 9.72 Å². The molecule has 106 valence electrons. The number of nitrogens with zero attached hydrogens (tertiary/aromatic N) is 4. The molecule has 3 heterocycles. The van der Waals surface area contributed by atoms with Gasteiger partial charge in [0, 0.05) is 49.3 Å². The first-order chi connectivity index (χ1) is 9.90. The maximum atomic E-state index is 5.72. The third-order valence-electron chi connectivity index (χ3n) is 3.51. The van der Waals surface area contributed by atoms with Crippen molar-refractivity contribution >= 4 is 0 Å². The molecule has 0 amide bonds. The van der Waals surface area contributed by atoms with E-state index in [1.165, 1.54) is 0 Å². The first kappa shape index (κ1) is 13.2. The summed E-state index contributed by atoms with van der Waals surface area (Å²) in [6.45, 7) is 4.45. The van der Waals surface area contributed by atoms with Crippen LogP contribution in [0.25, 0.3) is 0 Å². The zero-order valence-corrected chi connectivity index (χ0v) is 11.4. The van der Waals surface area contributed by atoms with E-state index in [1.54, 1.807) is 18.9 Å². The van der Waals surface area contributed by atoms with Crippen LogP contribution in [0.15, 0.2) is 31.1 Å². The molecule has 2 aromatic rings. The highest BCUT2D eigenvalue weighted by molar-refractivity contribution is 5.00. The number of aromatic amines is 1. The summed E-state index contributed by atoms with van der Waals surface area (Å²) in [4.78, 5) is 17.9. The summed E-state index contributed by atoms with van der Waals surface area (Å²) >= 11 is 0. The molecule has 0 unspecified atom stereocenters. The molecule has 6 heteroatoms. The van der Waals surface area contributed by atoms with Crippen LogP contribution >= 0.6 is 0 Å². The molecule has 1 N–H and O–H groups in total. The Morgan fingerprint density at radius 3 is 3.20 bits per heavy atom. The van der Waals surface area contributed by atoms with Crippen molar-refractivity contribution in [3.05, 3.63) is 42.5 Å². The van der Waals surface area contributed by atoms with E-state index in [1.807, 2.05) is 12.3 Å². The predicted octanol–water partition coefficient (Wildman–Crippen LogP) is 0.891. The zero-order chi connectivity index (χ0) is 13.6. The molecule has 2 aromatic heterocycles. The van der Waals surface area contributed by atoms with Gasteiger partial charge in [0.15, 0.2) is 0 Å². The summed E-state index contributed by atoms with van der Waals surface area (Å²) in [5, 5.41) is 0.